The molecule has 0 spiro atoms. The summed E-state index contributed by atoms with van der Waals surface area (Å²) in [4.78, 5) is 30.3. The van der Waals surface area contributed by atoms with Crippen LogP contribution in [-0.4, -0.2) is 60.0 Å². The fourth-order valence-corrected chi connectivity index (χ4v) is 5.91. The van der Waals surface area contributed by atoms with Gasteiger partial charge in [-0.1, -0.05) is 54.6 Å². The Morgan fingerprint density at radius 1 is 0.957 bits per heavy atom. The van der Waals surface area contributed by atoms with Crippen LogP contribution in [0, 0.1) is 11.6 Å². The number of hydrogen-bond donors (Lipinski definition) is 2. The molecule has 0 radical (unpaired) electrons. The molecule has 7 nitrogen and oxygen atoms in total. The number of carboxylic acid groups (broad SMARTS) is 1. The highest BCUT2D eigenvalue weighted by Crippen LogP contribution is 2.35. The van der Waals surface area contributed by atoms with E-state index in [4.69, 9.17) is 4.74 Å². The number of hydrogen-bond acceptors (Lipinski definition) is 5. The number of alkyl halides is 3. The van der Waals surface area contributed by atoms with Crippen molar-refractivity contribution in [3.8, 4) is 11.1 Å². The molecule has 236 valence electrons. The van der Waals surface area contributed by atoms with E-state index in [2.05, 4.69) is 10.3 Å². The minimum Gasteiger partial charge on any atom is -0.480 e. The number of amides is 1. The van der Waals surface area contributed by atoms with Gasteiger partial charge in [0.15, 0.2) is 0 Å². The van der Waals surface area contributed by atoms with Gasteiger partial charge < -0.3 is 20.1 Å². The number of nitrogens with zero attached hydrogens (tertiary/aromatic N) is 2. The molecule has 1 fully saturated rings. The van der Waals surface area contributed by atoms with Gasteiger partial charge >= 0.3 is 12.1 Å². The van der Waals surface area contributed by atoms with Gasteiger partial charge in [-0.3, -0.25) is 9.78 Å². The Kier molecular flexibility index (Phi) is 8.30. The second kappa shape index (κ2) is 12.4. The maximum Gasteiger partial charge on any atom is 0.411 e. The van der Waals surface area contributed by atoms with Gasteiger partial charge in [-0.05, 0) is 51.0 Å². The van der Waals surface area contributed by atoms with Crippen LogP contribution in [0.5, 0.6) is 0 Å². The van der Waals surface area contributed by atoms with E-state index in [-0.39, 0.29) is 19.6 Å². The molecule has 6 rings (SSSR count). The van der Waals surface area contributed by atoms with E-state index in [1.807, 2.05) is 48.5 Å². The number of carbonyl (C=O) groups is 2. The molecule has 1 amide bonds. The van der Waals surface area contributed by atoms with E-state index in [0.717, 1.165) is 32.2 Å². The summed E-state index contributed by atoms with van der Waals surface area (Å²) in [6.07, 6.45) is -1.48. The van der Waals surface area contributed by atoms with E-state index in [9.17, 15) is 27.9 Å². The van der Waals surface area contributed by atoms with Crippen LogP contribution in [0.4, 0.5) is 27.6 Å². The van der Waals surface area contributed by atoms with Gasteiger partial charge in [0.25, 0.3) is 5.91 Å². The third-order valence-electron chi connectivity index (χ3n) is 8.11. The highest BCUT2D eigenvalue weighted by molar-refractivity contribution is 6.06. The average molecular weight is 636 g/mol. The van der Waals surface area contributed by atoms with Crippen molar-refractivity contribution in [2.24, 2.45) is 0 Å². The topological polar surface area (TPSA) is 91.8 Å². The molecule has 5 aromatic rings. The summed E-state index contributed by atoms with van der Waals surface area (Å²) in [5, 5.41) is 15.6. The fourth-order valence-electron chi connectivity index (χ4n) is 5.91. The molecule has 2 atom stereocenters. The van der Waals surface area contributed by atoms with Gasteiger partial charge in [0, 0.05) is 36.4 Å². The lowest BCUT2D eigenvalue weighted by molar-refractivity contribution is -0.167. The average Bonchev–Trinajstić information content (AvgIpc) is 3.03. The number of carboxylic acids is 1. The summed E-state index contributed by atoms with van der Waals surface area (Å²) in [5.74, 6) is -5.65. The predicted octanol–water partition coefficient (Wildman–Crippen LogP) is 6.53. The molecule has 12 heteroatoms. The molecule has 0 bridgehead atoms. The first-order valence-electron chi connectivity index (χ1n) is 14.3. The van der Waals surface area contributed by atoms with Crippen LogP contribution < -0.4 is 10.2 Å². The molecule has 2 N–H and O–H groups in total. The van der Waals surface area contributed by atoms with Crippen molar-refractivity contribution in [1.29, 1.82) is 0 Å². The van der Waals surface area contributed by atoms with Crippen LogP contribution in [-0.2, 0) is 16.0 Å². The van der Waals surface area contributed by atoms with Gasteiger partial charge in [-0.2, -0.15) is 13.2 Å². The zero-order valence-corrected chi connectivity index (χ0v) is 24.0. The minimum atomic E-state index is -4.73. The standard InChI is InChI=1S/C34H26F5N3O4/c35-27-15-21(42-12-13-46-18-30(42)34(37,38)39)16-28(36)31(27)32(43)41-29(33(44)45)14-20-5-2-7-23-22(20)6-3-9-24(23)25-8-1-4-19-10-11-40-17-26(19)25/h1-11,15-17,29-30H,12-14,18H2,(H,41,43)(H,44,45)/t29-,30+/m0/s1. The smallest absolute Gasteiger partial charge is 0.411 e. The molecule has 1 aliphatic rings. The number of benzene rings is 4. The highest BCUT2D eigenvalue weighted by atomic mass is 19.4. The lowest BCUT2D eigenvalue weighted by Crippen LogP contribution is -2.53. The molecule has 1 aliphatic heterocycles. The van der Waals surface area contributed by atoms with Crippen molar-refractivity contribution in [3.63, 3.8) is 0 Å². The Balaban J connectivity index is 1.29. The number of carbonyl (C=O) groups excluding carboxylic acids is 1. The van der Waals surface area contributed by atoms with Gasteiger partial charge in [-0.15, -0.1) is 0 Å². The summed E-state index contributed by atoms with van der Waals surface area (Å²) in [5.41, 5.74) is 0.847. The molecule has 0 saturated carbocycles. The molecule has 1 saturated heterocycles. The molecule has 2 heterocycles. The minimum absolute atomic E-state index is 0.0901. The summed E-state index contributed by atoms with van der Waals surface area (Å²) in [6.45, 7) is -1.09. The predicted molar refractivity (Wildman–Crippen MR) is 162 cm³/mol. The Morgan fingerprint density at radius 3 is 2.35 bits per heavy atom. The Morgan fingerprint density at radius 2 is 1.63 bits per heavy atom. The fraction of sp³-hybridized carbons (Fsp3) is 0.206. The molecule has 0 aliphatic carbocycles. The summed E-state index contributed by atoms with van der Waals surface area (Å²) in [7, 11) is 0. The monoisotopic (exact) mass is 635 g/mol. The Bertz CT molecular complexity index is 1940. The third kappa shape index (κ3) is 5.95. The van der Waals surface area contributed by atoms with Crippen LogP contribution in [0.25, 0.3) is 32.7 Å². The van der Waals surface area contributed by atoms with Crippen LogP contribution in [0.1, 0.15) is 15.9 Å². The number of aromatic nitrogens is 1. The highest BCUT2D eigenvalue weighted by Gasteiger charge is 2.46. The quantitative estimate of drug-likeness (QED) is 0.198. The number of ether oxygens (including phenoxy) is 1. The Labute approximate surface area is 259 Å². The van der Waals surface area contributed by atoms with Gasteiger partial charge in [0.05, 0.1) is 13.2 Å². The lowest BCUT2D eigenvalue weighted by Gasteiger charge is -2.38. The van der Waals surface area contributed by atoms with Gasteiger partial charge in [0.2, 0.25) is 0 Å². The first-order chi connectivity index (χ1) is 22.0. The molecule has 0 unspecified atom stereocenters. The van der Waals surface area contributed by atoms with Crippen molar-refractivity contribution in [2.45, 2.75) is 24.7 Å². The Hall–Kier alpha value is -5.10. The SMILES string of the molecule is O=C(N[C@@H](Cc1cccc2c(-c3cccc4ccncc34)cccc12)C(=O)O)c1c(F)cc(N2CCOC[C@@H]2C(F)(F)F)cc1F. The molecule has 1 aromatic heterocycles. The van der Waals surface area contributed by atoms with Crippen molar-refractivity contribution in [1.82, 2.24) is 10.3 Å². The molecule has 46 heavy (non-hydrogen) atoms. The summed E-state index contributed by atoms with van der Waals surface area (Å²) >= 11 is 0. The number of fused-ring (bicyclic) bond motifs is 2. The number of rotatable bonds is 7. The molecule has 4 aromatic carbocycles. The van der Waals surface area contributed by atoms with E-state index in [1.54, 1.807) is 24.5 Å². The maximum atomic E-state index is 15.2. The van der Waals surface area contributed by atoms with Crippen molar-refractivity contribution >= 4 is 39.1 Å². The third-order valence-corrected chi connectivity index (χ3v) is 8.11. The maximum absolute atomic E-state index is 15.2. The van der Waals surface area contributed by atoms with Crippen LogP contribution in [0.3, 0.4) is 0 Å². The number of pyridine rings is 1. The van der Waals surface area contributed by atoms with Crippen LogP contribution >= 0.6 is 0 Å². The first-order valence-corrected chi connectivity index (χ1v) is 14.3. The second-order valence-electron chi connectivity index (χ2n) is 10.9. The van der Waals surface area contributed by atoms with Gasteiger partial charge in [0.1, 0.15) is 29.3 Å². The van der Waals surface area contributed by atoms with Gasteiger partial charge in [-0.25, -0.2) is 13.6 Å². The van der Waals surface area contributed by atoms with E-state index < -0.39 is 59.6 Å². The number of aliphatic carboxylic acids is 1. The van der Waals surface area contributed by atoms with Crippen LogP contribution in [0.2, 0.25) is 0 Å². The largest absolute Gasteiger partial charge is 0.480 e. The van der Waals surface area contributed by atoms with Crippen molar-refractivity contribution < 1.29 is 41.4 Å². The van der Waals surface area contributed by atoms with E-state index in [0.29, 0.717) is 23.1 Å². The zero-order valence-electron chi connectivity index (χ0n) is 24.0. The lowest BCUT2D eigenvalue weighted by atomic mass is 9.91. The second-order valence-corrected chi connectivity index (χ2v) is 10.9. The number of nitrogens with one attached hydrogen (secondary N) is 1. The first kappa shape index (κ1) is 30.9. The van der Waals surface area contributed by atoms with E-state index >= 15 is 8.78 Å². The number of halogens is 5. The van der Waals surface area contributed by atoms with E-state index in [1.165, 1.54) is 0 Å². The number of anilines is 1. The van der Waals surface area contributed by atoms with Crippen molar-refractivity contribution in [3.05, 3.63) is 108 Å². The zero-order chi connectivity index (χ0) is 32.6. The normalized spacial score (nSPS) is 16.0. The van der Waals surface area contributed by atoms with Crippen LogP contribution in [0.15, 0.2) is 85.2 Å². The number of morpholine rings is 1. The summed E-state index contributed by atoms with van der Waals surface area (Å²) < 4.78 is 75.8. The molecular formula is C34H26F5N3O4. The summed E-state index contributed by atoms with van der Waals surface area (Å²) in [6, 6.07) is 16.2. The van der Waals surface area contributed by atoms with Crippen molar-refractivity contribution in [2.75, 3.05) is 24.7 Å². The molecular weight excluding hydrogens is 609 g/mol.